The summed E-state index contributed by atoms with van der Waals surface area (Å²) in [5.74, 6) is 1.39. The minimum atomic E-state index is -0.732. The third kappa shape index (κ3) is 6.96. The van der Waals surface area contributed by atoms with Gasteiger partial charge < -0.3 is 14.5 Å². The predicted octanol–water partition coefficient (Wildman–Crippen LogP) is 4.71. The number of hydrogen-bond acceptors (Lipinski definition) is 8. The Labute approximate surface area is 229 Å². The quantitative estimate of drug-likeness (QED) is 0.316. The molecule has 4 aromatic rings. The molecular formula is C26H28ClN9O3. The number of hydrogen-bond donors (Lipinski definition) is 2. The molecule has 1 aliphatic rings. The number of amides is 3. The monoisotopic (exact) mass is 549 g/mol. The van der Waals surface area contributed by atoms with Crippen LogP contribution in [0.1, 0.15) is 56.6 Å². The summed E-state index contributed by atoms with van der Waals surface area (Å²) in [4.78, 5) is 48.2. The van der Waals surface area contributed by atoms with Gasteiger partial charge in [0.1, 0.15) is 40.2 Å². The van der Waals surface area contributed by atoms with Crippen LogP contribution in [0.25, 0.3) is 5.65 Å². The van der Waals surface area contributed by atoms with Gasteiger partial charge in [-0.3, -0.25) is 10.2 Å². The molecule has 13 heteroatoms. The van der Waals surface area contributed by atoms with Gasteiger partial charge in [0.2, 0.25) is 0 Å². The number of imidazole rings is 1. The minimum Gasteiger partial charge on any atom is -0.443 e. The van der Waals surface area contributed by atoms with Crippen molar-refractivity contribution < 1.29 is 14.3 Å². The molecule has 0 radical (unpaired) electrons. The zero-order chi connectivity index (χ0) is 27.6. The molecule has 4 aromatic heterocycles. The van der Waals surface area contributed by atoms with Crippen LogP contribution in [-0.2, 0) is 17.8 Å². The highest BCUT2D eigenvalue weighted by atomic mass is 35.5. The maximum Gasteiger partial charge on any atom is 0.416 e. The van der Waals surface area contributed by atoms with Crippen molar-refractivity contribution in [2.75, 3.05) is 10.2 Å². The molecular weight excluding hydrogens is 522 g/mol. The average Bonchev–Trinajstić information content (AvgIpc) is 3.64. The molecule has 1 aliphatic carbocycles. The molecule has 0 aromatic carbocycles. The number of ether oxygens (including phenoxy) is 1. The number of urea groups is 1. The van der Waals surface area contributed by atoms with E-state index in [1.165, 1.54) is 41.9 Å². The summed E-state index contributed by atoms with van der Waals surface area (Å²) < 4.78 is 7.61. The van der Waals surface area contributed by atoms with Crippen molar-refractivity contribution in [1.29, 1.82) is 0 Å². The van der Waals surface area contributed by atoms with E-state index in [0.717, 1.165) is 5.65 Å². The van der Waals surface area contributed by atoms with Gasteiger partial charge in [0.05, 0.1) is 18.8 Å². The number of rotatable bonds is 7. The van der Waals surface area contributed by atoms with E-state index < -0.39 is 17.7 Å². The molecule has 3 amide bonds. The van der Waals surface area contributed by atoms with Crippen molar-refractivity contribution >= 4 is 41.0 Å². The zero-order valence-electron chi connectivity index (χ0n) is 21.8. The van der Waals surface area contributed by atoms with Gasteiger partial charge in [0.15, 0.2) is 0 Å². The molecule has 2 N–H and O–H groups in total. The van der Waals surface area contributed by atoms with Crippen LogP contribution in [0.4, 0.5) is 21.2 Å². The second-order valence-corrected chi connectivity index (χ2v) is 10.6. The van der Waals surface area contributed by atoms with Crippen molar-refractivity contribution in [2.24, 2.45) is 0 Å². The van der Waals surface area contributed by atoms with Crippen molar-refractivity contribution in [1.82, 2.24) is 34.6 Å². The Balaban J connectivity index is 1.34. The van der Waals surface area contributed by atoms with Gasteiger partial charge in [-0.05, 0) is 57.2 Å². The smallest absolute Gasteiger partial charge is 0.416 e. The number of nitrogens with zero attached hydrogens (tertiary/aromatic N) is 7. The topological polar surface area (TPSA) is 140 Å². The van der Waals surface area contributed by atoms with Crippen LogP contribution in [0, 0.1) is 0 Å². The van der Waals surface area contributed by atoms with E-state index in [1.54, 1.807) is 26.8 Å². The summed E-state index contributed by atoms with van der Waals surface area (Å²) in [6, 6.07) is 6.57. The first-order valence-corrected chi connectivity index (χ1v) is 12.8. The summed E-state index contributed by atoms with van der Waals surface area (Å²) in [6.07, 6.45) is 8.54. The fourth-order valence-electron chi connectivity index (χ4n) is 3.86. The van der Waals surface area contributed by atoms with Crippen molar-refractivity contribution in [3.8, 4) is 0 Å². The fourth-order valence-corrected chi connectivity index (χ4v) is 4.01. The lowest BCUT2D eigenvalue weighted by Crippen LogP contribution is -2.37. The number of fused-ring (bicyclic) bond motifs is 1. The lowest BCUT2D eigenvalue weighted by Gasteiger charge is -2.26. The largest absolute Gasteiger partial charge is 0.443 e. The number of carbonyl (C=O) groups is 2. The third-order valence-electron chi connectivity index (χ3n) is 5.76. The Morgan fingerprint density at radius 2 is 1.95 bits per heavy atom. The van der Waals surface area contributed by atoms with E-state index in [4.69, 9.17) is 16.3 Å². The molecule has 0 bridgehead atoms. The van der Waals surface area contributed by atoms with Gasteiger partial charge >= 0.3 is 12.1 Å². The van der Waals surface area contributed by atoms with Crippen LogP contribution >= 0.6 is 11.6 Å². The number of nitrogens with one attached hydrogen (secondary N) is 2. The molecule has 0 atom stereocenters. The Kier molecular flexibility index (Phi) is 7.29. The van der Waals surface area contributed by atoms with Crippen molar-refractivity contribution in [2.45, 2.75) is 58.2 Å². The molecule has 5 rings (SSSR count). The highest BCUT2D eigenvalue weighted by Crippen LogP contribution is 2.39. The Bertz CT molecular complexity index is 1510. The lowest BCUT2D eigenvalue weighted by atomic mass is 10.2. The molecule has 4 heterocycles. The van der Waals surface area contributed by atoms with Gasteiger partial charge in [0, 0.05) is 24.7 Å². The van der Waals surface area contributed by atoms with Crippen LogP contribution in [-0.4, -0.2) is 47.0 Å². The normalized spacial score (nSPS) is 13.2. The van der Waals surface area contributed by atoms with Crippen LogP contribution in [0.5, 0.6) is 0 Å². The molecule has 1 saturated carbocycles. The SMILES string of the molecule is CC(C)(C)OC(=O)N(Cc1cn2cc(C3CC3)ccc2n1)c1cc(NC(=O)NCc2nccc(Cl)n2)ncn1. The second kappa shape index (κ2) is 10.8. The summed E-state index contributed by atoms with van der Waals surface area (Å²) in [7, 11) is 0. The second-order valence-electron chi connectivity index (χ2n) is 10.2. The molecule has 0 spiro atoms. The van der Waals surface area contributed by atoms with Gasteiger partial charge in [-0.1, -0.05) is 17.7 Å². The summed E-state index contributed by atoms with van der Waals surface area (Å²) >= 11 is 5.86. The molecule has 12 nitrogen and oxygen atoms in total. The van der Waals surface area contributed by atoms with Crippen LogP contribution in [0.2, 0.25) is 5.15 Å². The minimum absolute atomic E-state index is 0.0602. The Morgan fingerprint density at radius 1 is 1.13 bits per heavy atom. The number of carbonyl (C=O) groups excluding carboxylic acids is 2. The molecule has 39 heavy (non-hydrogen) atoms. The van der Waals surface area contributed by atoms with Gasteiger partial charge in [-0.25, -0.2) is 34.5 Å². The van der Waals surface area contributed by atoms with E-state index in [0.29, 0.717) is 17.4 Å². The third-order valence-corrected chi connectivity index (χ3v) is 5.97. The van der Waals surface area contributed by atoms with Crippen LogP contribution in [0.3, 0.4) is 0 Å². The average molecular weight is 550 g/mol. The first-order chi connectivity index (χ1) is 18.6. The van der Waals surface area contributed by atoms with E-state index in [9.17, 15) is 9.59 Å². The number of halogens is 1. The Morgan fingerprint density at radius 3 is 2.69 bits per heavy atom. The maximum atomic E-state index is 13.2. The summed E-state index contributed by atoms with van der Waals surface area (Å²) in [5, 5.41) is 5.54. The maximum absolute atomic E-state index is 13.2. The van der Waals surface area contributed by atoms with E-state index in [1.807, 2.05) is 16.7 Å². The highest BCUT2D eigenvalue weighted by molar-refractivity contribution is 6.29. The lowest BCUT2D eigenvalue weighted by molar-refractivity contribution is 0.0576. The summed E-state index contributed by atoms with van der Waals surface area (Å²) in [6.45, 7) is 5.52. The van der Waals surface area contributed by atoms with Gasteiger partial charge in [-0.15, -0.1) is 0 Å². The predicted molar refractivity (Wildman–Crippen MR) is 145 cm³/mol. The molecule has 202 valence electrons. The molecule has 0 unspecified atom stereocenters. The molecule has 1 fully saturated rings. The van der Waals surface area contributed by atoms with Crippen LogP contribution in [0.15, 0.2) is 49.2 Å². The fraction of sp³-hybridized carbons (Fsp3) is 0.346. The Hall–Kier alpha value is -4.32. The first-order valence-electron chi connectivity index (χ1n) is 12.5. The van der Waals surface area contributed by atoms with Crippen molar-refractivity contribution in [3.63, 3.8) is 0 Å². The van der Waals surface area contributed by atoms with E-state index in [-0.39, 0.29) is 29.9 Å². The van der Waals surface area contributed by atoms with Crippen LogP contribution < -0.4 is 15.5 Å². The molecule has 0 aliphatic heterocycles. The van der Waals surface area contributed by atoms with E-state index in [2.05, 4.69) is 47.8 Å². The van der Waals surface area contributed by atoms with Gasteiger partial charge in [-0.2, -0.15) is 0 Å². The standard InChI is InChI=1S/C26H28ClN9O3/c1-26(2,3)39-25(38)36(14-18-13-35-12-17(16-4-5-16)6-7-22(35)32-18)23-10-20(30-15-31-23)34-24(37)29-11-21-28-9-8-19(27)33-21/h6-10,12-13,15-16H,4-5,11,14H2,1-3H3,(H2,29,30,31,34,37). The number of anilines is 2. The highest BCUT2D eigenvalue weighted by Gasteiger charge is 2.27. The van der Waals surface area contributed by atoms with Gasteiger partial charge in [0.25, 0.3) is 0 Å². The number of pyridine rings is 1. The van der Waals surface area contributed by atoms with E-state index >= 15 is 0 Å². The first kappa shape index (κ1) is 26.3. The zero-order valence-corrected chi connectivity index (χ0v) is 22.5. The number of aromatic nitrogens is 6. The molecule has 0 saturated heterocycles. The summed E-state index contributed by atoms with van der Waals surface area (Å²) in [5.41, 5.74) is 1.98. The van der Waals surface area contributed by atoms with Crippen molar-refractivity contribution in [3.05, 3.63) is 71.4 Å².